The molecule has 0 amide bonds. The second-order valence-corrected chi connectivity index (χ2v) is 5.55. The van der Waals surface area contributed by atoms with E-state index in [9.17, 15) is 8.78 Å². The molecule has 2 aromatic carbocycles. The van der Waals surface area contributed by atoms with E-state index in [1.54, 1.807) is 6.07 Å². The van der Waals surface area contributed by atoms with Crippen molar-refractivity contribution in [1.29, 1.82) is 0 Å². The van der Waals surface area contributed by atoms with Crippen LogP contribution in [-0.2, 0) is 13.1 Å². The molecule has 0 fully saturated rings. The van der Waals surface area contributed by atoms with E-state index < -0.39 is 11.6 Å². The molecule has 0 atom stereocenters. The molecule has 0 saturated heterocycles. The molecule has 3 nitrogen and oxygen atoms in total. The van der Waals surface area contributed by atoms with Gasteiger partial charge in [-0.15, -0.1) is 0 Å². The Balaban J connectivity index is 1.65. The van der Waals surface area contributed by atoms with Crippen LogP contribution >= 0.6 is 0 Å². The van der Waals surface area contributed by atoms with Crippen LogP contribution in [0.3, 0.4) is 0 Å². The predicted octanol–water partition coefficient (Wildman–Crippen LogP) is 3.78. The third kappa shape index (κ3) is 3.81. The minimum atomic E-state index is -0.819. The van der Waals surface area contributed by atoms with Gasteiger partial charge in [0.25, 0.3) is 0 Å². The zero-order valence-corrected chi connectivity index (χ0v) is 12.8. The van der Waals surface area contributed by atoms with Crippen molar-refractivity contribution in [2.45, 2.75) is 13.1 Å². The Morgan fingerprint density at radius 3 is 2.43 bits per heavy atom. The van der Waals surface area contributed by atoms with Gasteiger partial charge in [-0.25, -0.2) is 13.5 Å². The molecule has 0 aliphatic carbocycles. The fourth-order valence-corrected chi connectivity index (χ4v) is 2.48. The molecular formula is C18H17F2N3. The number of para-hydroxylation sites is 1. The van der Waals surface area contributed by atoms with Crippen LogP contribution < -0.4 is 0 Å². The summed E-state index contributed by atoms with van der Waals surface area (Å²) in [6, 6.07) is 13.9. The number of benzene rings is 2. The van der Waals surface area contributed by atoms with E-state index in [1.807, 2.05) is 59.4 Å². The SMILES string of the molecule is CN(Cc1ccc(F)c(F)c1)Cc1cnn(-c2ccccc2)c1. The van der Waals surface area contributed by atoms with Crippen LogP contribution in [0.1, 0.15) is 11.1 Å². The van der Waals surface area contributed by atoms with Crippen LogP contribution in [0.2, 0.25) is 0 Å². The average Bonchev–Trinajstić information content (AvgIpc) is 3.00. The van der Waals surface area contributed by atoms with Gasteiger partial charge in [-0.05, 0) is 36.9 Å². The summed E-state index contributed by atoms with van der Waals surface area (Å²) in [6.07, 6.45) is 3.78. The topological polar surface area (TPSA) is 21.1 Å². The Kier molecular flexibility index (Phi) is 4.48. The molecule has 0 bridgehead atoms. The highest BCUT2D eigenvalue weighted by atomic mass is 19.2. The number of halogens is 2. The Hall–Kier alpha value is -2.53. The first kappa shape index (κ1) is 15.4. The first-order chi connectivity index (χ1) is 11.1. The van der Waals surface area contributed by atoms with Crippen molar-refractivity contribution in [3.8, 4) is 5.69 Å². The molecular weight excluding hydrogens is 296 g/mol. The summed E-state index contributed by atoms with van der Waals surface area (Å²) in [5.41, 5.74) is 2.79. The van der Waals surface area contributed by atoms with Gasteiger partial charge in [0.1, 0.15) is 0 Å². The van der Waals surface area contributed by atoms with E-state index in [-0.39, 0.29) is 0 Å². The van der Waals surface area contributed by atoms with Crippen LogP contribution in [0.5, 0.6) is 0 Å². The largest absolute Gasteiger partial charge is 0.298 e. The van der Waals surface area contributed by atoms with E-state index in [0.717, 1.165) is 22.9 Å². The number of hydrogen-bond donors (Lipinski definition) is 0. The fourth-order valence-electron chi connectivity index (χ4n) is 2.48. The number of nitrogens with zero attached hydrogens (tertiary/aromatic N) is 3. The molecule has 118 valence electrons. The zero-order valence-electron chi connectivity index (χ0n) is 12.8. The highest BCUT2D eigenvalue weighted by Crippen LogP contribution is 2.13. The molecule has 0 saturated carbocycles. The van der Waals surface area contributed by atoms with Gasteiger partial charge in [-0.1, -0.05) is 24.3 Å². The lowest BCUT2D eigenvalue weighted by molar-refractivity contribution is 0.318. The molecule has 0 radical (unpaired) electrons. The fraction of sp³-hybridized carbons (Fsp3) is 0.167. The van der Waals surface area contributed by atoms with Crippen molar-refractivity contribution in [3.05, 3.63) is 83.7 Å². The normalized spacial score (nSPS) is 11.1. The lowest BCUT2D eigenvalue weighted by Crippen LogP contribution is -2.17. The minimum Gasteiger partial charge on any atom is -0.298 e. The molecule has 0 N–H and O–H groups in total. The molecule has 1 aromatic heterocycles. The van der Waals surface area contributed by atoms with E-state index in [4.69, 9.17) is 0 Å². The third-order valence-electron chi connectivity index (χ3n) is 3.55. The maximum Gasteiger partial charge on any atom is 0.159 e. The Labute approximate surface area is 133 Å². The standard InChI is InChI=1S/C18H17F2N3/c1-22(11-14-7-8-17(19)18(20)9-14)12-15-10-21-23(13-15)16-5-3-2-4-6-16/h2-10,13H,11-12H2,1H3. The molecule has 23 heavy (non-hydrogen) atoms. The van der Waals surface area contributed by atoms with Gasteiger partial charge in [0, 0.05) is 24.8 Å². The first-order valence-corrected chi connectivity index (χ1v) is 7.33. The molecule has 0 spiro atoms. The van der Waals surface area contributed by atoms with Gasteiger partial charge in [0.15, 0.2) is 11.6 Å². The van der Waals surface area contributed by atoms with Crippen molar-refractivity contribution < 1.29 is 8.78 Å². The first-order valence-electron chi connectivity index (χ1n) is 7.33. The van der Waals surface area contributed by atoms with Crippen LogP contribution in [0.25, 0.3) is 5.69 Å². The molecule has 0 unspecified atom stereocenters. The average molecular weight is 313 g/mol. The van der Waals surface area contributed by atoms with Crippen LogP contribution in [0.4, 0.5) is 8.78 Å². The van der Waals surface area contributed by atoms with Gasteiger partial charge in [-0.2, -0.15) is 5.10 Å². The Morgan fingerprint density at radius 1 is 0.957 bits per heavy atom. The number of aromatic nitrogens is 2. The summed E-state index contributed by atoms with van der Waals surface area (Å²) in [4.78, 5) is 2.03. The van der Waals surface area contributed by atoms with Crippen molar-refractivity contribution in [1.82, 2.24) is 14.7 Å². The van der Waals surface area contributed by atoms with E-state index in [1.165, 1.54) is 6.07 Å². The summed E-state index contributed by atoms with van der Waals surface area (Å²) in [5.74, 6) is -1.63. The summed E-state index contributed by atoms with van der Waals surface area (Å²) < 4.78 is 28.0. The van der Waals surface area contributed by atoms with Crippen LogP contribution in [0.15, 0.2) is 60.9 Å². The number of hydrogen-bond acceptors (Lipinski definition) is 2. The van der Waals surface area contributed by atoms with Crippen molar-refractivity contribution in [2.24, 2.45) is 0 Å². The molecule has 3 rings (SSSR count). The smallest absolute Gasteiger partial charge is 0.159 e. The van der Waals surface area contributed by atoms with Gasteiger partial charge in [0.2, 0.25) is 0 Å². The maximum atomic E-state index is 13.2. The van der Waals surface area contributed by atoms with Crippen LogP contribution in [0, 0.1) is 11.6 Å². The lowest BCUT2D eigenvalue weighted by Gasteiger charge is -2.15. The number of rotatable bonds is 5. The van der Waals surface area contributed by atoms with Crippen molar-refractivity contribution in [3.63, 3.8) is 0 Å². The second kappa shape index (κ2) is 6.71. The lowest BCUT2D eigenvalue weighted by atomic mass is 10.2. The summed E-state index contributed by atoms with van der Waals surface area (Å²) in [7, 11) is 1.93. The van der Waals surface area contributed by atoms with E-state index in [2.05, 4.69) is 5.10 Å². The van der Waals surface area contributed by atoms with Gasteiger partial charge in [0.05, 0.1) is 11.9 Å². The Bertz CT molecular complexity index is 784. The highest BCUT2D eigenvalue weighted by Gasteiger charge is 2.07. The van der Waals surface area contributed by atoms with Gasteiger partial charge in [-0.3, -0.25) is 4.90 Å². The zero-order chi connectivity index (χ0) is 16.2. The second-order valence-electron chi connectivity index (χ2n) is 5.55. The molecule has 0 aliphatic rings. The van der Waals surface area contributed by atoms with Crippen LogP contribution in [-0.4, -0.2) is 21.7 Å². The van der Waals surface area contributed by atoms with E-state index >= 15 is 0 Å². The minimum absolute atomic E-state index is 0.535. The third-order valence-corrected chi connectivity index (χ3v) is 3.55. The molecule has 5 heteroatoms. The summed E-state index contributed by atoms with van der Waals surface area (Å²) >= 11 is 0. The maximum absolute atomic E-state index is 13.2. The molecule has 3 aromatic rings. The van der Waals surface area contributed by atoms with Gasteiger partial charge < -0.3 is 0 Å². The highest BCUT2D eigenvalue weighted by molar-refractivity contribution is 5.30. The summed E-state index contributed by atoms with van der Waals surface area (Å²) in [6.45, 7) is 1.21. The van der Waals surface area contributed by atoms with E-state index in [0.29, 0.717) is 13.1 Å². The molecule has 1 heterocycles. The van der Waals surface area contributed by atoms with Gasteiger partial charge >= 0.3 is 0 Å². The Morgan fingerprint density at radius 2 is 1.70 bits per heavy atom. The summed E-state index contributed by atoms with van der Waals surface area (Å²) in [5, 5.41) is 4.35. The quantitative estimate of drug-likeness (QED) is 0.715. The molecule has 0 aliphatic heterocycles. The van der Waals surface area contributed by atoms with Crippen molar-refractivity contribution >= 4 is 0 Å². The predicted molar refractivity (Wildman–Crippen MR) is 85.1 cm³/mol. The monoisotopic (exact) mass is 313 g/mol. The van der Waals surface area contributed by atoms with Crippen molar-refractivity contribution in [2.75, 3.05) is 7.05 Å².